The number of hydrogen-bond acceptors (Lipinski definition) is 9. The Kier molecular flexibility index (Phi) is 5.02. The van der Waals surface area contributed by atoms with E-state index in [1.807, 2.05) is 26.0 Å². The third-order valence-electron chi connectivity index (χ3n) is 4.87. The number of pyridine rings is 1. The zero-order valence-corrected chi connectivity index (χ0v) is 17.8. The third kappa shape index (κ3) is 4.43. The van der Waals surface area contributed by atoms with Crippen LogP contribution in [-0.4, -0.2) is 45.6 Å². The van der Waals surface area contributed by atoms with Gasteiger partial charge in [0.2, 0.25) is 5.95 Å². The maximum atomic E-state index is 9.96. The molecule has 0 unspecified atom stereocenters. The van der Waals surface area contributed by atoms with Crippen molar-refractivity contribution < 1.29 is 9.63 Å². The number of hydrogen-bond donors (Lipinski definition) is 2. The summed E-state index contributed by atoms with van der Waals surface area (Å²) in [5, 5.41) is 18.4. The van der Waals surface area contributed by atoms with Crippen LogP contribution in [0.4, 0.5) is 5.95 Å². The summed E-state index contributed by atoms with van der Waals surface area (Å²) in [5.41, 5.74) is 7.28. The maximum Gasteiger partial charge on any atom is 0.261 e. The molecular formula is C21H24N8O2. The average Bonchev–Trinajstić information content (AvgIpc) is 3.37. The Hall–Kier alpha value is -3.66. The lowest BCUT2D eigenvalue weighted by Crippen LogP contribution is -2.26. The topological polar surface area (TPSA) is 142 Å². The summed E-state index contributed by atoms with van der Waals surface area (Å²) in [7, 11) is 0. The zero-order chi connectivity index (χ0) is 22.2. The highest BCUT2D eigenvalue weighted by Gasteiger charge is 2.30. The monoisotopic (exact) mass is 420 g/mol. The van der Waals surface area contributed by atoms with Gasteiger partial charge in [-0.25, -0.2) is 9.97 Å². The first kappa shape index (κ1) is 20.6. The third-order valence-corrected chi connectivity index (χ3v) is 4.87. The number of nitrogen functional groups attached to an aromatic ring is 1. The number of rotatable bonds is 6. The van der Waals surface area contributed by atoms with Crippen molar-refractivity contribution >= 4 is 5.95 Å². The Labute approximate surface area is 179 Å². The first-order valence-corrected chi connectivity index (χ1v) is 9.76. The van der Waals surface area contributed by atoms with Crippen molar-refractivity contribution in [3.05, 3.63) is 54.5 Å². The summed E-state index contributed by atoms with van der Waals surface area (Å²) in [5.74, 6) is 1.12. The van der Waals surface area contributed by atoms with Gasteiger partial charge in [-0.2, -0.15) is 10.1 Å². The highest BCUT2D eigenvalue weighted by atomic mass is 16.5. The average molecular weight is 420 g/mol. The van der Waals surface area contributed by atoms with E-state index in [1.54, 1.807) is 49.5 Å². The lowest BCUT2D eigenvalue weighted by molar-refractivity contribution is 0.0577. The second kappa shape index (κ2) is 7.55. The molecule has 0 aliphatic carbocycles. The fourth-order valence-electron chi connectivity index (χ4n) is 3.09. The fraction of sp³-hybridized carbons (Fsp3) is 0.333. The molecule has 0 spiro atoms. The van der Waals surface area contributed by atoms with Crippen molar-refractivity contribution in [3.8, 4) is 22.7 Å². The van der Waals surface area contributed by atoms with E-state index in [9.17, 15) is 5.11 Å². The predicted molar refractivity (Wildman–Crippen MR) is 114 cm³/mol. The largest absolute Gasteiger partial charge is 0.389 e. The van der Waals surface area contributed by atoms with Gasteiger partial charge in [0.25, 0.3) is 5.89 Å². The quantitative estimate of drug-likeness (QED) is 0.481. The maximum absolute atomic E-state index is 9.96. The van der Waals surface area contributed by atoms with E-state index in [-0.39, 0.29) is 5.95 Å². The molecule has 0 bridgehead atoms. The lowest BCUT2D eigenvalue weighted by atomic mass is 9.85. The first-order valence-electron chi connectivity index (χ1n) is 9.76. The highest BCUT2D eigenvalue weighted by Crippen LogP contribution is 2.31. The number of aliphatic hydroxyl groups is 1. The molecule has 0 aliphatic heterocycles. The Morgan fingerprint density at radius 1 is 1.00 bits per heavy atom. The number of aromatic nitrogens is 7. The second-order valence-electron chi connectivity index (χ2n) is 8.55. The summed E-state index contributed by atoms with van der Waals surface area (Å²) >= 11 is 0. The predicted octanol–water partition coefficient (Wildman–Crippen LogP) is 2.46. The second-order valence-corrected chi connectivity index (χ2v) is 8.55. The molecule has 0 saturated carbocycles. The molecule has 0 radical (unpaired) electrons. The van der Waals surface area contributed by atoms with Crippen LogP contribution in [0.3, 0.4) is 0 Å². The van der Waals surface area contributed by atoms with Crippen LogP contribution in [0, 0.1) is 0 Å². The van der Waals surface area contributed by atoms with Crippen LogP contribution in [0.2, 0.25) is 0 Å². The van der Waals surface area contributed by atoms with Gasteiger partial charge in [0.05, 0.1) is 35.0 Å². The van der Waals surface area contributed by atoms with Gasteiger partial charge in [-0.05, 0) is 39.3 Å². The van der Waals surface area contributed by atoms with Crippen LogP contribution in [0.5, 0.6) is 0 Å². The Morgan fingerprint density at radius 2 is 1.74 bits per heavy atom. The normalized spacial score (nSPS) is 12.3. The molecule has 3 N–H and O–H groups in total. The zero-order valence-electron chi connectivity index (χ0n) is 17.8. The Balaban J connectivity index is 1.55. The van der Waals surface area contributed by atoms with E-state index in [2.05, 4.69) is 30.2 Å². The Bertz CT molecular complexity index is 1170. The van der Waals surface area contributed by atoms with E-state index in [0.717, 1.165) is 16.8 Å². The molecule has 0 amide bonds. The molecule has 10 nitrogen and oxygen atoms in total. The van der Waals surface area contributed by atoms with Gasteiger partial charge >= 0.3 is 0 Å². The Morgan fingerprint density at radius 3 is 2.39 bits per heavy atom. The minimum absolute atomic E-state index is 0.222. The highest BCUT2D eigenvalue weighted by molar-refractivity contribution is 5.57. The van der Waals surface area contributed by atoms with Gasteiger partial charge in [0, 0.05) is 30.4 Å². The SMILES string of the molecule is CC(C)(O)Cn1cc(-c2nc(C(C)(C)c3ccc(-c4cnc(N)nc4)nc3)no2)cn1. The van der Waals surface area contributed by atoms with Crippen molar-refractivity contribution in [2.75, 3.05) is 5.73 Å². The summed E-state index contributed by atoms with van der Waals surface area (Å²) in [6, 6.07) is 3.86. The van der Waals surface area contributed by atoms with Crippen LogP contribution in [-0.2, 0) is 12.0 Å². The number of anilines is 1. The summed E-state index contributed by atoms with van der Waals surface area (Å²) in [6.07, 6.45) is 8.47. The minimum atomic E-state index is -0.872. The van der Waals surface area contributed by atoms with E-state index in [1.165, 1.54) is 0 Å². The van der Waals surface area contributed by atoms with Crippen LogP contribution in [0.15, 0.2) is 47.6 Å². The first-order chi connectivity index (χ1) is 14.6. The van der Waals surface area contributed by atoms with Crippen molar-refractivity contribution in [1.82, 2.24) is 34.9 Å². The van der Waals surface area contributed by atoms with Crippen LogP contribution in [0.1, 0.15) is 39.1 Å². The van der Waals surface area contributed by atoms with Gasteiger partial charge in [0.1, 0.15) is 0 Å². The van der Waals surface area contributed by atoms with Crippen molar-refractivity contribution in [2.45, 2.75) is 45.3 Å². The molecule has 31 heavy (non-hydrogen) atoms. The molecule has 4 rings (SSSR count). The molecule has 4 heterocycles. The summed E-state index contributed by atoms with van der Waals surface area (Å²) < 4.78 is 7.13. The van der Waals surface area contributed by atoms with Crippen molar-refractivity contribution in [3.63, 3.8) is 0 Å². The van der Waals surface area contributed by atoms with E-state index in [4.69, 9.17) is 10.3 Å². The molecule has 0 atom stereocenters. The van der Waals surface area contributed by atoms with Gasteiger partial charge in [-0.3, -0.25) is 9.67 Å². The van der Waals surface area contributed by atoms with E-state index in [0.29, 0.717) is 23.8 Å². The van der Waals surface area contributed by atoms with E-state index >= 15 is 0 Å². The van der Waals surface area contributed by atoms with Gasteiger partial charge in [0.15, 0.2) is 5.82 Å². The molecular weight excluding hydrogens is 396 g/mol. The standard InChI is InChI=1S/C21H24N8O2/c1-20(2,30)12-29-11-14(9-26-29)17-27-18(28-31-17)21(3,4)15-5-6-16(23-10-15)13-7-24-19(22)25-8-13/h5-11,30H,12H2,1-4H3,(H2,22,24,25). The molecule has 4 aromatic rings. The van der Waals surface area contributed by atoms with E-state index < -0.39 is 11.0 Å². The van der Waals surface area contributed by atoms with Crippen LogP contribution < -0.4 is 5.73 Å². The molecule has 4 aromatic heterocycles. The molecule has 0 aromatic carbocycles. The van der Waals surface area contributed by atoms with Gasteiger partial charge < -0.3 is 15.4 Å². The molecule has 160 valence electrons. The smallest absolute Gasteiger partial charge is 0.261 e. The summed E-state index contributed by atoms with van der Waals surface area (Å²) in [6.45, 7) is 7.81. The molecule has 0 saturated heterocycles. The summed E-state index contributed by atoms with van der Waals surface area (Å²) in [4.78, 5) is 17.1. The minimum Gasteiger partial charge on any atom is -0.389 e. The van der Waals surface area contributed by atoms with Crippen LogP contribution in [0.25, 0.3) is 22.7 Å². The van der Waals surface area contributed by atoms with Gasteiger partial charge in [-0.1, -0.05) is 11.2 Å². The van der Waals surface area contributed by atoms with Crippen molar-refractivity contribution in [1.29, 1.82) is 0 Å². The molecule has 0 fully saturated rings. The van der Waals surface area contributed by atoms with Gasteiger partial charge in [-0.15, -0.1) is 0 Å². The molecule has 10 heteroatoms. The van der Waals surface area contributed by atoms with Crippen molar-refractivity contribution in [2.24, 2.45) is 0 Å². The fourth-order valence-corrected chi connectivity index (χ4v) is 3.09. The lowest BCUT2D eigenvalue weighted by Gasteiger charge is -2.20. The number of nitrogens with zero attached hydrogens (tertiary/aromatic N) is 7. The van der Waals surface area contributed by atoms with Crippen LogP contribution >= 0.6 is 0 Å². The number of nitrogens with two attached hydrogens (primary N) is 1. The molecule has 0 aliphatic rings.